The summed E-state index contributed by atoms with van der Waals surface area (Å²) in [5.74, 6) is 0. The van der Waals surface area contributed by atoms with Crippen molar-refractivity contribution in [2.24, 2.45) is 0 Å². The van der Waals surface area contributed by atoms with Gasteiger partial charge in [-0.3, -0.25) is 0 Å². The molecule has 28 heavy (non-hydrogen) atoms. The van der Waals surface area contributed by atoms with Crippen LogP contribution in [0.4, 0.5) is 0 Å². The first-order valence-corrected chi connectivity index (χ1v) is 20.2. The van der Waals surface area contributed by atoms with Gasteiger partial charge in [-0.25, -0.2) is 0 Å². The monoisotopic (exact) mass is 446 g/mol. The molecule has 0 amide bonds. The molecule has 6 heteroatoms. The average Bonchev–Trinajstić information content (AvgIpc) is 2.55. The third kappa shape index (κ3) is 5.70. The molecule has 0 rings (SSSR count). The molecular weight excluding hydrogens is 396 g/mol. The SMILES string of the molecule is C=C(C(C)(C)O)[Si](C)(CC)[C@](C)(CC)O[Si](C)(C)C(CC)(CC)O[Si](C)(C)C. The summed E-state index contributed by atoms with van der Waals surface area (Å²) in [5.41, 5.74) is -0.885. The van der Waals surface area contributed by atoms with Crippen LogP contribution in [0.3, 0.4) is 0 Å². The highest BCUT2D eigenvalue weighted by Gasteiger charge is 2.57. The molecule has 0 aromatic rings. The molecule has 0 radical (unpaired) electrons. The highest BCUT2D eigenvalue weighted by molar-refractivity contribution is 6.89. The van der Waals surface area contributed by atoms with Crippen LogP contribution in [0.5, 0.6) is 0 Å². The van der Waals surface area contributed by atoms with Crippen molar-refractivity contribution in [2.45, 2.75) is 129 Å². The topological polar surface area (TPSA) is 38.7 Å². The summed E-state index contributed by atoms with van der Waals surface area (Å²) >= 11 is 0. The number of rotatable bonds is 12. The molecule has 0 spiro atoms. The van der Waals surface area contributed by atoms with Gasteiger partial charge in [-0.05, 0) is 72.8 Å². The van der Waals surface area contributed by atoms with E-state index >= 15 is 0 Å². The zero-order valence-electron chi connectivity index (χ0n) is 21.3. The van der Waals surface area contributed by atoms with Gasteiger partial charge in [0.2, 0.25) is 8.32 Å². The highest BCUT2D eigenvalue weighted by Crippen LogP contribution is 2.45. The van der Waals surface area contributed by atoms with Gasteiger partial charge in [0.05, 0.1) is 10.8 Å². The fourth-order valence-electron chi connectivity index (χ4n) is 4.77. The summed E-state index contributed by atoms with van der Waals surface area (Å²) in [7, 11) is -6.15. The Bertz CT molecular complexity index is 530. The second-order valence-electron chi connectivity index (χ2n) is 10.8. The Morgan fingerprint density at radius 1 is 0.821 bits per heavy atom. The molecule has 0 aliphatic carbocycles. The van der Waals surface area contributed by atoms with Crippen LogP contribution in [0.1, 0.15) is 67.7 Å². The van der Waals surface area contributed by atoms with Gasteiger partial charge in [0.25, 0.3) is 0 Å². The van der Waals surface area contributed by atoms with Gasteiger partial charge in [-0.15, -0.1) is 6.58 Å². The summed E-state index contributed by atoms with van der Waals surface area (Å²) in [6.07, 6.45) is 2.87. The first kappa shape index (κ1) is 28.3. The largest absolute Gasteiger partial charge is 0.412 e. The lowest BCUT2D eigenvalue weighted by Gasteiger charge is -2.55. The molecule has 0 aromatic heterocycles. The number of aliphatic hydroxyl groups is 1. The molecule has 168 valence electrons. The Kier molecular flexibility index (Phi) is 9.27. The van der Waals surface area contributed by atoms with Crippen molar-refractivity contribution in [3.05, 3.63) is 11.8 Å². The summed E-state index contributed by atoms with van der Waals surface area (Å²) in [5, 5.41) is 11.3. The normalized spacial score (nSPS) is 18.5. The predicted molar refractivity (Wildman–Crippen MR) is 133 cm³/mol. The van der Waals surface area contributed by atoms with Crippen LogP contribution >= 0.6 is 0 Å². The van der Waals surface area contributed by atoms with Crippen molar-refractivity contribution in [1.29, 1.82) is 0 Å². The zero-order chi connectivity index (χ0) is 22.8. The number of hydrogen-bond acceptors (Lipinski definition) is 3. The van der Waals surface area contributed by atoms with Crippen molar-refractivity contribution in [2.75, 3.05) is 0 Å². The van der Waals surface area contributed by atoms with Gasteiger partial charge in [0, 0.05) is 5.22 Å². The lowest BCUT2D eigenvalue weighted by molar-refractivity contribution is 0.0610. The van der Waals surface area contributed by atoms with Gasteiger partial charge in [0.1, 0.15) is 8.07 Å². The van der Waals surface area contributed by atoms with E-state index in [0.29, 0.717) is 0 Å². The minimum absolute atomic E-state index is 0.187. The maximum atomic E-state index is 10.8. The molecule has 0 aromatic carbocycles. The Labute approximate surface area is 179 Å². The summed E-state index contributed by atoms with van der Waals surface area (Å²) in [4.78, 5) is 0. The first-order chi connectivity index (χ1) is 12.3. The Hall–Kier alpha value is 0.271. The summed E-state index contributed by atoms with van der Waals surface area (Å²) in [6.45, 7) is 33.2. The van der Waals surface area contributed by atoms with E-state index in [4.69, 9.17) is 8.85 Å². The van der Waals surface area contributed by atoms with Crippen LogP contribution in [0.2, 0.25) is 45.3 Å². The lowest BCUT2D eigenvalue weighted by atomic mass is 10.1. The first-order valence-electron chi connectivity index (χ1n) is 11.1. The van der Waals surface area contributed by atoms with Crippen LogP contribution in [-0.4, -0.2) is 45.9 Å². The Morgan fingerprint density at radius 3 is 1.50 bits per heavy atom. The minimum atomic E-state index is -2.26. The van der Waals surface area contributed by atoms with E-state index in [2.05, 4.69) is 80.5 Å². The standard InChI is InChI=1S/C22H50O3Si3/c1-15-21(8,28(14,18-4)19(5)20(6,7)23)24-27(12,13)22(16-2,17-3)25-26(9,10)11/h23H,5,15-18H2,1-4,6-14H3/t21-,28?/m1/s1. The molecule has 1 N–H and O–H groups in total. The van der Waals surface area contributed by atoms with E-state index < -0.39 is 30.3 Å². The van der Waals surface area contributed by atoms with Crippen LogP contribution in [-0.2, 0) is 8.85 Å². The predicted octanol–water partition coefficient (Wildman–Crippen LogP) is 6.83. The van der Waals surface area contributed by atoms with Crippen molar-refractivity contribution < 1.29 is 14.0 Å². The smallest absolute Gasteiger partial charge is 0.217 e. The quantitative estimate of drug-likeness (QED) is 0.334. The average molecular weight is 447 g/mol. The van der Waals surface area contributed by atoms with Gasteiger partial charge in [-0.2, -0.15) is 0 Å². The molecule has 0 bridgehead atoms. The van der Waals surface area contributed by atoms with Gasteiger partial charge < -0.3 is 14.0 Å². The van der Waals surface area contributed by atoms with E-state index in [1.807, 2.05) is 13.8 Å². The van der Waals surface area contributed by atoms with Crippen LogP contribution in [0.25, 0.3) is 0 Å². The highest BCUT2D eigenvalue weighted by atomic mass is 28.4. The molecule has 1 unspecified atom stereocenters. The molecule has 0 fully saturated rings. The van der Waals surface area contributed by atoms with Crippen molar-refractivity contribution in [3.63, 3.8) is 0 Å². The molecule has 0 aliphatic heterocycles. The van der Waals surface area contributed by atoms with Gasteiger partial charge >= 0.3 is 0 Å². The summed E-state index contributed by atoms with van der Waals surface area (Å²) < 4.78 is 14.1. The second kappa shape index (κ2) is 9.18. The zero-order valence-corrected chi connectivity index (χ0v) is 24.3. The van der Waals surface area contributed by atoms with E-state index in [0.717, 1.165) is 30.5 Å². The maximum absolute atomic E-state index is 10.8. The molecule has 0 heterocycles. The second-order valence-corrected chi connectivity index (χ2v) is 24.4. The molecule has 3 nitrogen and oxygen atoms in total. The van der Waals surface area contributed by atoms with Crippen LogP contribution in [0.15, 0.2) is 11.8 Å². The number of hydrogen-bond donors (Lipinski definition) is 1. The molecule has 2 atom stereocenters. The molecular formula is C22H50O3Si3. The van der Waals surface area contributed by atoms with Crippen LogP contribution in [0, 0.1) is 0 Å². The van der Waals surface area contributed by atoms with Gasteiger partial charge in [0.15, 0.2) is 8.32 Å². The third-order valence-electron chi connectivity index (χ3n) is 7.17. The van der Waals surface area contributed by atoms with Crippen molar-refractivity contribution in [1.82, 2.24) is 0 Å². The van der Waals surface area contributed by atoms with E-state index in [1.165, 1.54) is 0 Å². The van der Waals surface area contributed by atoms with E-state index in [-0.39, 0.29) is 10.4 Å². The van der Waals surface area contributed by atoms with Crippen molar-refractivity contribution >= 4 is 24.7 Å². The van der Waals surface area contributed by atoms with Crippen LogP contribution < -0.4 is 0 Å². The molecule has 0 saturated carbocycles. The minimum Gasteiger partial charge on any atom is -0.412 e. The maximum Gasteiger partial charge on any atom is 0.217 e. The molecule has 0 aliphatic rings. The Morgan fingerprint density at radius 2 is 1.25 bits per heavy atom. The van der Waals surface area contributed by atoms with E-state index in [9.17, 15) is 5.11 Å². The fraction of sp³-hybridized carbons (Fsp3) is 0.909. The van der Waals surface area contributed by atoms with Crippen molar-refractivity contribution in [3.8, 4) is 0 Å². The molecule has 0 saturated heterocycles. The summed E-state index contributed by atoms with van der Waals surface area (Å²) in [6, 6.07) is 1.00. The third-order valence-corrected chi connectivity index (χ3v) is 18.7. The Balaban J connectivity index is 6.34. The van der Waals surface area contributed by atoms with E-state index in [1.54, 1.807) is 0 Å². The fourth-order valence-corrected chi connectivity index (χ4v) is 16.9. The lowest BCUT2D eigenvalue weighted by Crippen LogP contribution is -2.69. The van der Waals surface area contributed by atoms with Gasteiger partial charge in [-0.1, -0.05) is 45.5 Å².